The Bertz CT molecular complexity index is 819. The summed E-state index contributed by atoms with van der Waals surface area (Å²) in [5.41, 5.74) is 0. The monoisotopic (exact) mass is 498 g/mol. The minimum absolute atomic E-state index is 0.0932. The van der Waals surface area contributed by atoms with E-state index in [4.69, 9.17) is 0 Å². The fraction of sp³-hybridized carbons (Fsp3) is 0.773. The third-order valence-electron chi connectivity index (χ3n) is 6.45. The van der Waals surface area contributed by atoms with E-state index in [0.717, 1.165) is 67.0 Å². The van der Waals surface area contributed by atoms with E-state index >= 15 is 0 Å². The Morgan fingerprint density at radius 1 is 1.15 bits per heavy atom. The number of aromatic nitrogens is 1. The third-order valence-corrected chi connectivity index (χ3v) is 8.19. The number of thiazole rings is 1. The summed E-state index contributed by atoms with van der Waals surface area (Å²) in [6.07, 6.45) is 11.2. The molecule has 0 aliphatic heterocycles. The van der Waals surface area contributed by atoms with Crippen molar-refractivity contribution in [2.24, 2.45) is 5.92 Å². The highest BCUT2D eigenvalue weighted by Crippen LogP contribution is 2.34. The van der Waals surface area contributed by atoms with Crippen LogP contribution in [0, 0.1) is 5.92 Å². The van der Waals surface area contributed by atoms with Gasteiger partial charge >= 0.3 is 6.03 Å². The molecule has 11 heteroatoms. The first-order valence-corrected chi connectivity index (χ1v) is 13.8. The molecule has 2 aliphatic carbocycles. The maximum Gasteiger partial charge on any atom is 0.324 e. The Morgan fingerprint density at radius 3 is 2.39 bits per heavy atom. The number of nitrogens with zero attached hydrogens (tertiary/aromatic N) is 3. The van der Waals surface area contributed by atoms with Crippen LogP contribution in [0.5, 0.6) is 0 Å². The Labute approximate surface area is 203 Å². The number of amides is 3. The summed E-state index contributed by atoms with van der Waals surface area (Å²) in [5.74, 6) is 0.300. The van der Waals surface area contributed by atoms with Crippen molar-refractivity contribution in [1.29, 1.82) is 0 Å². The highest BCUT2D eigenvalue weighted by Gasteiger charge is 2.34. The number of hydrogen-bond donors (Lipinski definition) is 2. The zero-order chi connectivity index (χ0) is 24.0. The molecular formula is C22H36N5O4S2-. The lowest BCUT2D eigenvalue weighted by Crippen LogP contribution is -2.51. The topological polar surface area (TPSA) is 118 Å². The minimum Gasteiger partial charge on any atom is -0.755 e. The van der Waals surface area contributed by atoms with Gasteiger partial charge in [-0.1, -0.05) is 37.5 Å². The Morgan fingerprint density at radius 2 is 1.79 bits per heavy atom. The zero-order valence-corrected chi connectivity index (χ0v) is 21.4. The molecule has 1 atom stereocenters. The molecule has 1 unspecified atom stereocenters. The first kappa shape index (κ1) is 25.9. The lowest BCUT2D eigenvalue weighted by molar-refractivity contribution is -0.120. The summed E-state index contributed by atoms with van der Waals surface area (Å²) < 4.78 is 24.4. The van der Waals surface area contributed by atoms with E-state index in [1.54, 1.807) is 0 Å². The Hall–Kier alpha value is -1.72. The first-order valence-electron chi connectivity index (χ1n) is 12.0. The van der Waals surface area contributed by atoms with Crippen molar-refractivity contribution >= 4 is 44.7 Å². The molecule has 2 aliphatic rings. The molecule has 33 heavy (non-hydrogen) atoms. The normalized spacial score (nSPS) is 22.6. The molecule has 2 N–H and O–H groups in total. The second kappa shape index (κ2) is 12.1. The Kier molecular flexibility index (Phi) is 9.51. The maximum atomic E-state index is 13.4. The van der Waals surface area contributed by atoms with Crippen molar-refractivity contribution in [1.82, 2.24) is 15.2 Å². The van der Waals surface area contributed by atoms with Crippen LogP contribution in [0.3, 0.4) is 0 Å². The summed E-state index contributed by atoms with van der Waals surface area (Å²) >= 11 is -1.59. The summed E-state index contributed by atoms with van der Waals surface area (Å²) in [6, 6.07) is 0.218. The fourth-order valence-corrected chi connectivity index (χ4v) is 6.23. The van der Waals surface area contributed by atoms with Crippen molar-refractivity contribution in [3.05, 3.63) is 6.20 Å². The zero-order valence-electron chi connectivity index (χ0n) is 19.7. The minimum atomic E-state index is -2.64. The van der Waals surface area contributed by atoms with Crippen LogP contribution in [0.15, 0.2) is 6.20 Å². The van der Waals surface area contributed by atoms with Crippen LogP contribution in [0.2, 0.25) is 0 Å². The molecule has 2 saturated carbocycles. The van der Waals surface area contributed by atoms with Crippen LogP contribution in [-0.4, -0.2) is 55.3 Å². The van der Waals surface area contributed by atoms with E-state index in [2.05, 4.69) is 22.5 Å². The van der Waals surface area contributed by atoms with E-state index in [0.29, 0.717) is 11.0 Å². The second-order valence-electron chi connectivity index (χ2n) is 9.52. The standard InChI is InChI=1S/C22H37N5O4S2/c1-15(2)24-19(28)14-26(33(30)31)20-13-23-21(32-20)25-22(29)27(17-7-5-4-6-8-17)18-11-9-16(3)10-12-18/h13,15-18H,4-12,14H2,1-3H3,(H,24,28)(H,30,31)(H,23,25,29)/p-1. The molecule has 1 aromatic rings. The maximum absolute atomic E-state index is 13.4. The number of anilines is 2. The van der Waals surface area contributed by atoms with Gasteiger partial charge in [0.15, 0.2) is 5.13 Å². The Balaban J connectivity index is 1.70. The van der Waals surface area contributed by atoms with E-state index in [1.165, 1.54) is 12.6 Å². The van der Waals surface area contributed by atoms with Gasteiger partial charge in [0.05, 0.1) is 6.20 Å². The molecule has 0 saturated heterocycles. The van der Waals surface area contributed by atoms with Gasteiger partial charge in [0.25, 0.3) is 0 Å². The summed E-state index contributed by atoms with van der Waals surface area (Å²) in [7, 11) is 0. The predicted molar refractivity (Wildman–Crippen MR) is 131 cm³/mol. The lowest BCUT2D eigenvalue weighted by atomic mass is 9.84. The molecule has 0 aromatic carbocycles. The highest BCUT2D eigenvalue weighted by atomic mass is 32.2. The van der Waals surface area contributed by atoms with Crippen molar-refractivity contribution in [3.63, 3.8) is 0 Å². The van der Waals surface area contributed by atoms with Crippen LogP contribution >= 0.6 is 11.3 Å². The number of carbonyl (C=O) groups is 2. The van der Waals surface area contributed by atoms with Crippen LogP contribution in [-0.2, 0) is 16.1 Å². The van der Waals surface area contributed by atoms with Gasteiger partial charge in [-0.2, -0.15) is 0 Å². The third kappa shape index (κ3) is 7.38. The van der Waals surface area contributed by atoms with Gasteiger partial charge in [0, 0.05) is 29.4 Å². The van der Waals surface area contributed by atoms with E-state index in [9.17, 15) is 18.4 Å². The SMILES string of the molecule is CC1CCC(N(C(=O)Nc2ncc(N(CC(=O)NC(C)C)S(=O)[O-])s2)C2CCCCC2)CC1. The number of hydrogen-bond acceptors (Lipinski definition) is 6. The van der Waals surface area contributed by atoms with Gasteiger partial charge in [0.1, 0.15) is 11.5 Å². The van der Waals surface area contributed by atoms with Crippen molar-refractivity contribution in [3.8, 4) is 0 Å². The summed E-state index contributed by atoms with van der Waals surface area (Å²) in [4.78, 5) is 31.7. The van der Waals surface area contributed by atoms with Crippen LogP contribution < -0.4 is 14.9 Å². The molecule has 2 fully saturated rings. The summed E-state index contributed by atoms with van der Waals surface area (Å²) in [6.45, 7) is 5.55. The van der Waals surface area contributed by atoms with Gasteiger partial charge in [-0.05, 0) is 58.3 Å². The first-order chi connectivity index (χ1) is 15.7. The van der Waals surface area contributed by atoms with Gasteiger partial charge in [0.2, 0.25) is 5.91 Å². The number of carbonyl (C=O) groups excluding carboxylic acids is 2. The highest BCUT2D eigenvalue weighted by molar-refractivity contribution is 7.81. The van der Waals surface area contributed by atoms with Gasteiger partial charge in [-0.3, -0.25) is 18.6 Å². The van der Waals surface area contributed by atoms with Crippen LogP contribution in [0.25, 0.3) is 0 Å². The quantitative estimate of drug-likeness (QED) is 0.525. The van der Waals surface area contributed by atoms with Crippen molar-refractivity contribution < 1.29 is 18.4 Å². The molecule has 1 aromatic heterocycles. The second-order valence-corrected chi connectivity index (χ2v) is 11.4. The van der Waals surface area contributed by atoms with Crippen LogP contribution in [0.1, 0.15) is 78.6 Å². The molecule has 0 spiro atoms. The lowest BCUT2D eigenvalue weighted by Gasteiger charge is -2.42. The van der Waals surface area contributed by atoms with Crippen LogP contribution in [0.4, 0.5) is 14.9 Å². The number of rotatable bonds is 8. The van der Waals surface area contributed by atoms with Crippen molar-refractivity contribution in [2.45, 2.75) is 96.7 Å². The van der Waals surface area contributed by atoms with E-state index < -0.39 is 17.2 Å². The predicted octanol–water partition coefficient (Wildman–Crippen LogP) is 4.01. The largest absolute Gasteiger partial charge is 0.755 e. The molecule has 1 heterocycles. The molecule has 9 nitrogen and oxygen atoms in total. The van der Waals surface area contributed by atoms with Gasteiger partial charge in [-0.15, -0.1) is 0 Å². The van der Waals surface area contributed by atoms with E-state index in [-0.39, 0.29) is 35.7 Å². The summed E-state index contributed by atoms with van der Waals surface area (Å²) in [5, 5.41) is 6.21. The molecule has 186 valence electrons. The molecule has 3 amide bonds. The smallest absolute Gasteiger partial charge is 0.324 e. The molecule has 3 rings (SSSR count). The fourth-order valence-electron chi connectivity index (χ4n) is 4.81. The molecule has 0 radical (unpaired) electrons. The molecule has 0 bridgehead atoms. The van der Waals surface area contributed by atoms with Gasteiger partial charge < -0.3 is 14.8 Å². The average molecular weight is 499 g/mol. The van der Waals surface area contributed by atoms with Gasteiger partial charge in [-0.25, -0.2) is 9.78 Å². The van der Waals surface area contributed by atoms with Crippen molar-refractivity contribution in [2.75, 3.05) is 16.2 Å². The molecular weight excluding hydrogens is 462 g/mol. The number of urea groups is 1. The van der Waals surface area contributed by atoms with E-state index in [1.807, 2.05) is 18.7 Å². The number of nitrogens with one attached hydrogen (secondary N) is 2. The average Bonchev–Trinajstić information content (AvgIpc) is 3.21.